The number of hydrogen-bond acceptors (Lipinski definition) is 1. The van der Waals surface area contributed by atoms with Gasteiger partial charge in [-0.2, -0.15) is 0 Å². The molecule has 1 aliphatic heterocycles. The zero-order valence-corrected chi connectivity index (χ0v) is 13.8. The zero-order valence-electron chi connectivity index (χ0n) is 13.8. The molecule has 1 fully saturated rings. The average molecular weight is 308 g/mol. The van der Waals surface area contributed by atoms with Crippen molar-refractivity contribution < 1.29 is 4.79 Å². The molecule has 2 aromatic rings. The normalized spacial score (nSPS) is 17.7. The van der Waals surface area contributed by atoms with Crippen LogP contribution in [0.3, 0.4) is 0 Å². The molecule has 1 N–H and O–H groups in total. The summed E-state index contributed by atoms with van der Waals surface area (Å²) < 4.78 is 0. The topological polar surface area (TPSA) is 36.1 Å². The van der Waals surface area contributed by atoms with Crippen molar-refractivity contribution >= 4 is 5.91 Å². The lowest BCUT2D eigenvalue weighted by atomic mass is 9.91. The highest BCUT2D eigenvalue weighted by Gasteiger charge is 2.33. The first-order valence-electron chi connectivity index (χ1n) is 8.76. The summed E-state index contributed by atoms with van der Waals surface area (Å²) in [6.07, 6.45) is 5.79. The second kappa shape index (κ2) is 5.88. The first-order chi connectivity index (χ1) is 11.2. The highest BCUT2D eigenvalue weighted by atomic mass is 16.2. The van der Waals surface area contributed by atoms with Crippen LogP contribution in [-0.4, -0.2) is 28.9 Å². The molecule has 2 aliphatic rings. The Morgan fingerprint density at radius 3 is 2.65 bits per heavy atom. The van der Waals surface area contributed by atoms with Crippen LogP contribution >= 0.6 is 0 Å². The van der Waals surface area contributed by atoms with Gasteiger partial charge < -0.3 is 9.88 Å². The number of carbonyl (C=O) groups is 1. The molecule has 0 saturated carbocycles. The summed E-state index contributed by atoms with van der Waals surface area (Å²) in [7, 11) is 0. The number of rotatable bonds is 3. The van der Waals surface area contributed by atoms with E-state index in [0.29, 0.717) is 5.92 Å². The maximum absolute atomic E-state index is 12.8. The van der Waals surface area contributed by atoms with E-state index in [1.165, 1.54) is 35.2 Å². The van der Waals surface area contributed by atoms with Crippen molar-refractivity contribution in [2.75, 3.05) is 13.1 Å². The fourth-order valence-electron chi connectivity index (χ4n) is 4.04. The Labute approximate surface area is 137 Å². The maximum Gasteiger partial charge on any atom is 0.270 e. The molecule has 0 unspecified atom stereocenters. The lowest BCUT2D eigenvalue weighted by molar-refractivity contribution is 0.0495. The summed E-state index contributed by atoms with van der Waals surface area (Å²) in [5.74, 6) is 0.799. The number of nitrogens with one attached hydrogen (secondary N) is 1. The molecular weight excluding hydrogens is 284 g/mol. The van der Waals surface area contributed by atoms with Gasteiger partial charge in [0.25, 0.3) is 5.91 Å². The van der Waals surface area contributed by atoms with Crippen LogP contribution in [0.25, 0.3) is 0 Å². The van der Waals surface area contributed by atoms with Gasteiger partial charge in [-0.15, -0.1) is 0 Å². The lowest BCUT2D eigenvalue weighted by Crippen LogP contribution is -2.51. The van der Waals surface area contributed by atoms with E-state index < -0.39 is 0 Å². The minimum Gasteiger partial charge on any atom is -0.354 e. The van der Waals surface area contributed by atoms with Gasteiger partial charge in [0.05, 0.1) is 0 Å². The Morgan fingerprint density at radius 2 is 1.91 bits per heavy atom. The van der Waals surface area contributed by atoms with Crippen LogP contribution in [-0.2, 0) is 19.3 Å². The monoisotopic (exact) mass is 308 g/mol. The molecule has 1 aliphatic carbocycles. The smallest absolute Gasteiger partial charge is 0.270 e. The number of carbonyl (C=O) groups excluding carboxylic acids is 1. The minimum atomic E-state index is 0.196. The van der Waals surface area contributed by atoms with Crippen molar-refractivity contribution in [3.63, 3.8) is 0 Å². The fourth-order valence-corrected chi connectivity index (χ4v) is 4.04. The predicted octanol–water partition coefficient (Wildman–Crippen LogP) is 3.52. The Morgan fingerprint density at radius 1 is 1.17 bits per heavy atom. The molecule has 3 nitrogen and oxygen atoms in total. The summed E-state index contributed by atoms with van der Waals surface area (Å²) in [4.78, 5) is 18.2. The van der Waals surface area contributed by atoms with Crippen LogP contribution in [0.15, 0.2) is 30.3 Å². The summed E-state index contributed by atoms with van der Waals surface area (Å²) in [5, 5.41) is 0. The minimum absolute atomic E-state index is 0.196. The van der Waals surface area contributed by atoms with E-state index in [2.05, 4.69) is 42.2 Å². The first kappa shape index (κ1) is 14.6. The SMILES string of the molecule is Cc1c(C(=O)N2CC(Cc3ccccc3)C2)[nH]c2c1CCCC2. The molecule has 120 valence electrons. The number of benzene rings is 1. The van der Waals surface area contributed by atoms with E-state index in [1.54, 1.807) is 0 Å². The first-order valence-corrected chi connectivity index (χ1v) is 8.76. The molecule has 1 amide bonds. The molecule has 1 aromatic heterocycles. The van der Waals surface area contributed by atoms with Crippen LogP contribution in [0.1, 0.15) is 45.7 Å². The van der Waals surface area contributed by atoms with Gasteiger partial charge in [0.1, 0.15) is 5.69 Å². The molecule has 3 heteroatoms. The number of fused-ring (bicyclic) bond motifs is 1. The molecule has 1 saturated heterocycles. The van der Waals surface area contributed by atoms with Gasteiger partial charge in [-0.25, -0.2) is 0 Å². The van der Waals surface area contributed by atoms with Crippen molar-refractivity contribution in [3.05, 3.63) is 58.4 Å². The molecular formula is C20H24N2O. The van der Waals surface area contributed by atoms with E-state index in [0.717, 1.165) is 38.0 Å². The maximum atomic E-state index is 12.8. The second-order valence-corrected chi connectivity index (χ2v) is 7.06. The second-order valence-electron chi connectivity index (χ2n) is 7.06. The molecule has 4 rings (SSSR count). The number of amides is 1. The van der Waals surface area contributed by atoms with E-state index in [9.17, 15) is 4.79 Å². The summed E-state index contributed by atoms with van der Waals surface area (Å²) in [5.41, 5.74) is 6.11. The number of aryl methyl sites for hydroxylation is 1. The number of H-pyrrole nitrogens is 1. The van der Waals surface area contributed by atoms with Crippen LogP contribution in [0.4, 0.5) is 0 Å². The van der Waals surface area contributed by atoms with Crippen molar-refractivity contribution in [1.29, 1.82) is 0 Å². The van der Waals surface area contributed by atoms with Crippen LogP contribution in [0.5, 0.6) is 0 Å². The Balaban J connectivity index is 1.41. The fraction of sp³-hybridized carbons (Fsp3) is 0.450. The highest BCUT2D eigenvalue weighted by molar-refractivity contribution is 5.95. The van der Waals surface area contributed by atoms with Crippen molar-refractivity contribution in [2.45, 2.75) is 39.0 Å². The zero-order chi connectivity index (χ0) is 15.8. The van der Waals surface area contributed by atoms with Gasteiger partial charge in [0, 0.05) is 18.8 Å². The molecule has 1 aromatic carbocycles. The van der Waals surface area contributed by atoms with E-state index in [4.69, 9.17) is 0 Å². The van der Waals surface area contributed by atoms with E-state index in [-0.39, 0.29) is 5.91 Å². The third kappa shape index (κ3) is 2.69. The standard InChI is InChI=1S/C20H24N2O/c1-14-17-9-5-6-10-18(17)21-19(14)20(23)22-12-16(13-22)11-15-7-3-2-4-8-15/h2-4,7-8,16,21H,5-6,9-13H2,1H3. The molecule has 0 atom stereocenters. The van der Waals surface area contributed by atoms with E-state index in [1.807, 2.05) is 4.90 Å². The summed E-state index contributed by atoms with van der Waals surface area (Å²) >= 11 is 0. The van der Waals surface area contributed by atoms with Crippen molar-refractivity contribution in [2.24, 2.45) is 5.92 Å². The molecule has 2 heterocycles. The summed E-state index contributed by atoms with van der Waals surface area (Å²) in [6.45, 7) is 3.88. The van der Waals surface area contributed by atoms with Crippen molar-refractivity contribution in [3.8, 4) is 0 Å². The number of aromatic nitrogens is 1. The highest BCUT2D eigenvalue weighted by Crippen LogP contribution is 2.29. The van der Waals surface area contributed by atoms with Gasteiger partial charge >= 0.3 is 0 Å². The number of aromatic amines is 1. The molecule has 0 radical (unpaired) electrons. The Bertz CT molecular complexity index is 711. The molecule has 0 bridgehead atoms. The van der Waals surface area contributed by atoms with Gasteiger partial charge in [-0.05, 0) is 61.6 Å². The predicted molar refractivity (Wildman–Crippen MR) is 91.7 cm³/mol. The van der Waals surface area contributed by atoms with Gasteiger partial charge in [0.2, 0.25) is 0 Å². The summed E-state index contributed by atoms with van der Waals surface area (Å²) in [6, 6.07) is 10.6. The largest absolute Gasteiger partial charge is 0.354 e. The Hall–Kier alpha value is -2.03. The van der Waals surface area contributed by atoms with Gasteiger partial charge in [0.15, 0.2) is 0 Å². The van der Waals surface area contributed by atoms with Gasteiger partial charge in [-0.1, -0.05) is 30.3 Å². The number of nitrogens with zero attached hydrogens (tertiary/aromatic N) is 1. The quantitative estimate of drug-likeness (QED) is 0.925. The molecule has 0 spiro atoms. The number of hydrogen-bond donors (Lipinski definition) is 1. The van der Waals surface area contributed by atoms with Crippen LogP contribution in [0.2, 0.25) is 0 Å². The van der Waals surface area contributed by atoms with Gasteiger partial charge in [-0.3, -0.25) is 4.79 Å². The van der Waals surface area contributed by atoms with E-state index >= 15 is 0 Å². The van der Waals surface area contributed by atoms with Crippen molar-refractivity contribution in [1.82, 2.24) is 9.88 Å². The third-order valence-corrected chi connectivity index (χ3v) is 5.40. The third-order valence-electron chi connectivity index (χ3n) is 5.40. The average Bonchev–Trinajstić information content (AvgIpc) is 2.88. The number of likely N-dealkylation sites (tertiary alicyclic amines) is 1. The Kier molecular flexibility index (Phi) is 3.72. The lowest BCUT2D eigenvalue weighted by Gasteiger charge is -2.39. The van der Waals surface area contributed by atoms with Crippen LogP contribution in [0, 0.1) is 12.8 Å². The molecule has 23 heavy (non-hydrogen) atoms. The van der Waals surface area contributed by atoms with Crippen LogP contribution < -0.4 is 0 Å².